The number of carbonyl (C=O) groups excluding carboxylic acids is 1. The quantitative estimate of drug-likeness (QED) is 0.779. The van der Waals surface area contributed by atoms with E-state index in [4.69, 9.17) is 9.26 Å². The van der Waals surface area contributed by atoms with E-state index in [1.807, 2.05) is 55.5 Å². The van der Waals surface area contributed by atoms with Crippen LogP contribution in [0.1, 0.15) is 21.5 Å². The van der Waals surface area contributed by atoms with Crippen molar-refractivity contribution in [1.29, 1.82) is 0 Å². The molecule has 0 bridgehead atoms. The summed E-state index contributed by atoms with van der Waals surface area (Å²) >= 11 is 0. The lowest BCUT2D eigenvalue weighted by Crippen LogP contribution is -2.22. The molecule has 122 valence electrons. The van der Waals surface area contributed by atoms with Crippen LogP contribution in [0.3, 0.4) is 0 Å². The van der Waals surface area contributed by atoms with E-state index in [0.717, 1.165) is 22.4 Å². The minimum Gasteiger partial charge on any atom is -0.497 e. The molecule has 0 saturated heterocycles. The molecule has 5 heteroatoms. The van der Waals surface area contributed by atoms with Gasteiger partial charge in [-0.05, 0) is 36.8 Å². The van der Waals surface area contributed by atoms with Crippen LogP contribution in [0.4, 0.5) is 0 Å². The van der Waals surface area contributed by atoms with E-state index >= 15 is 0 Å². The first kappa shape index (κ1) is 15.8. The molecule has 1 heterocycles. The van der Waals surface area contributed by atoms with Crippen molar-refractivity contribution in [2.24, 2.45) is 0 Å². The highest BCUT2D eigenvalue weighted by Crippen LogP contribution is 2.25. The van der Waals surface area contributed by atoms with Gasteiger partial charge in [0.25, 0.3) is 5.91 Å². The van der Waals surface area contributed by atoms with Crippen molar-refractivity contribution in [2.45, 2.75) is 13.5 Å². The predicted octanol–water partition coefficient (Wildman–Crippen LogP) is 3.59. The topological polar surface area (TPSA) is 64.4 Å². The molecular weight excluding hydrogens is 304 g/mol. The van der Waals surface area contributed by atoms with Crippen LogP contribution in [0.2, 0.25) is 0 Å². The van der Waals surface area contributed by atoms with Crippen molar-refractivity contribution >= 4 is 5.91 Å². The number of nitrogens with zero attached hydrogens (tertiary/aromatic N) is 1. The minimum absolute atomic E-state index is 0.219. The summed E-state index contributed by atoms with van der Waals surface area (Å²) in [6.45, 7) is 2.47. The van der Waals surface area contributed by atoms with Crippen LogP contribution >= 0.6 is 0 Å². The molecule has 0 saturated carbocycles. The lowest BCUT2D eigenvalue weighted by Gasteiger charge is -2.06. The summed E-state index contributed by atoms with van der Waals surface area (Å²) in [7, 11) is 1.60. The van der Waals surface area contributed by atoms with Gasteiger partial charge in [-0.25, -0.2) is 0 Å². The zero-order chi connectivity index (χ0) is 16.9. The van der Waals surface area contributed by atoms with E-state index in [2.05, 4.69) is 10.5 Å². The summed E-state index contributed by atoms with van der Waals surface area (Å²) in [6.07, 6.45) is 1.44. The molecule has 0 spiro atoms. The third-order valence-corrected chi connectivity index (χ3v) is 3.70. The maximum Gasteiger partial charge on any atom is 0.257 e. The largest absolute Gasteiger partial charge is 0.497 e. The van der Waals surface area contributed by atoms with E-state index < -0.39 is 0 Å². The monoisotopic (exact) mass is 322 g/mol. The third kappa shape index (κ3) is 3.46. The Balaban J connectivity index is 1.75. The fourth-order valence-electron chi connectivity index (χ4n) is 2.45. The van der Waals surface area contributed by atoms with E-state index in [-0.39, 0.29) is 5.91 Å². The molecule has 0 radical (unpaired) electrons. The molecule has 5 nitrogen and oxygen atoms in total. The highest BCUT2D eigenvalue weighted by molar-refractivity contribution is 5.99. The summed E-state index contributed by atoms with van der Waals surface area (Å²) in [6, 6.07) is 15.3. The Bertz CT molecular complexity index is 838. The van der Waals surface area contributed by atoms with Crippen molar-refractivity contribution in [3.8, 4) is 17.1 Å². The zero-order valence-electron chi connectivity index (χ0n) is 13.6. The van der Waals surface area contributed by atoms with Gasteiger partial charge in [-0.15, -0.1) is 0 Å². The molecule has 1 N–H and O–H groups in total. The smallest absolute Gasteiger partial charge is 0.257 e. The second kappa shape index (κ2) is 7.00. The summed E-state index contributed by atoms with van der Waals surface area (Å²) in [5, 5.41) is 6.66. The Morgan fingerprint density at radius 3 is 2.71 bits per heavy atom. The number of benzene rings is 2. The van der Waals surface area contributed by atoms with Gasteiger partial charge in [-0.2, -0.15) is 0 Å². The Kier molecular flexibility index (Phi) is 4.61. The van der Waals surface area contributed by atoms with Crippen molar-refractivity contribution < 1.29 is 14.1 Å². The number of ether oxygens (including phenoxy) is 1. The van der Waals surface area contributed by atoms with Gasteiger partial charge in [-0.3, -0.25) is 4.79 Å². The Hall–Kier alpha value is -3.08. The fraction of sp³-hybridized carbons (Fsp3) is 0.158. The Morgan fingerprint density at radius 2 is 2.00 bits per heavy atom. The van der Waals surface area contributed by atoms with Crippen LogP contribution in [-0.4, -0.2) is 18.2 Å². The number of aromatic nitrogens is 1. The Morgan fingerprint density at radius 1 is 1.21 bits per heavy atom. The molecule has 0 atom stereocenters. The summed E-state index contributed by atoms with van der Waals surface area (Å²) in [4.78, 5) is 12.4. The van der Waals surface area contributed by atoms with Crippen LogP contribution in [0, 0.1) is 6.92 Å². The highest BCUT2D eigenvalue weighted by atomic mass is 16.5. The number of carbonyl (C=O) groups is 1. The third-order valence-electron chi connectivity index (χ3n) is 3.70. The minimum atomic E-state index is -0.219. The average molecular weight is 322 g/mol. The number of hydrogen-bond donors (Lipinski definition) is 1. The van der Waals surface area contributed by atoms with Crippen LogP contribution in [-0.2, 0) is 6.54 Å². The molecule has 3 rings (SSSR count). The number of hydrogen-bond acceptors (Lipinski definition) is 4. The molecule has 0 aliphatic rings. The molecule has 1 amide bonds. The number of rotatable bonds is 5. The Labute approximate surface area is 140 Å². The van der Waals surface area contributed by atoms with Gasteiger partial charge in [0.1, 0.15) is 11.3 Å². The second-order valence-electron chi connectivity index (χ2n) is 5.47. The molecule has 0 aliphatic carbocycles. The first-order valence-corrected chi connectivity index (χ1v) is 7.60. The van der Waals surface area contributed by atoms with E-state index in [0.29, 0.717) is 17.9 Å². The van der Waals surface area contributed by atoms with Gasteiger partial charge in [0.2, 0.25) is 0 Å². The van der Waals surface area contributed by atoms with Gasteiger partial charge in [0.15, 0.2) is 5.76 Å². The fourth-order valence-corrected chi connectivity index (χ4v) is 2.45. The van der Waals surface area contributed by atoms with Crippen LogP contribution in [0.5, 0.6) is 5.75 Å². The molecule has 2 aromatic carbocycles. The van der Waals surface area contributed by atoms with Gasteiger partial charge in [0.05, 0.1) is 13.3 Å². The predicted molar refractivity (Wildman–Crippen MR) is 90.8 cm³/mol. The molecule has 24 heavy (non-hydrogen) atoms. The lowest BCUT2D eigenvalue weighted by atomic mass is 10.1. The summed E-state index contributed by atoms with van der Waals surface area (Å²) in [5.74, 6) is 0.965. The summed E-state index contributed by atoms with van der Waals surface area (Å²) < 4.78 is 10.4. The van der Waals surface area contributed by atoms with E-state index in [1.165, 1.54) is 6.20 Å². The lowest BCUT2D eigenvalue weighted by molar-refractivity contribution is 0.0951. The van der Waals surface area contributed by atoms with Crippen molar-refractivity contribution in [1.82, 2.24) is 10.5 Å². The van der Waals surface area contributed by atoms with Gasteiger partial charge < -0.3 is 14.6 Å². The van der Waals surface area contributed by atoms with Crippen LogP contribution in [0.25, 0.3) is 11.3 Å². The molecule has 0 fully saturated rings. The standard InChI is InChI=1S/C19H18N2O3/c1-13-4-3-5-14(10-13)11-20-19(22)17-12-21-24-18(17)15-6-8-16(23-2)9-7-15/h3-10,12H,11H2,1-2H3,(H,20,22). The normalized spacial score (nSPS) is 10.4. The maximum atomic E-state index is 12.4. The number of nitrogens with one attached hydrogen (secondary N) is 1. The first-order valence-electron chi connectivity index (χ1n) is 7.60. The SMILES string of the molecule is COc1ccc(-c2oncc2C(=O)NCc2cccc(C)c2)cc1. The van der Waals surface area contributed by atoms with Gasteiger partial charge in [-0.1, -0.05) is 35.0 Å². The number of aryl methyl sites for hydroxylation is 1. The van der Waals surface area contributed by atoms with Crippen molar-refractivity contribution in [2.75, 3.05) is 7.11 Å². The molecule has 1 aromatic heterocycles. The van der Waals surface area contributed by atoms with Crippen molar-refractivity contribution in [3.05, 3.63) is 71.4 Å². The average Bonchev–Trinajstić information content (AvgIpc) is 3.09. The second-order valence-corrected chi connectivity index (χ2v) is 5.47. The zero-order valence-corrected chi connectivity index (χ0v) is 13.6. The van der Waals surface area contributed by atoms with Crippen molar-refractivity contribution in [3.63, 3.8) is 0 Å². The molecule has 0 unspecified atom stereocenters. The van der Waals surface area contributed by atoms with Crippen LogP contribution < -0.4 is 10.1 Å². The molecule has 0 aliphatic heterocycles. The maximum absolute atomic E-state index is 12.4. The van der Waals surface area contributed by atoms with Crippen LogP contribution in [0.15, 0.2) is 59.3 Å². The highest BCUT2D eigenvalue weighted by Gasteiger charge is 2.17. The van der Waals surface area contributed by atoms with Gasteiger partial charge >= 0.3 is 0 Å². The number of amides is 1. The van der Waals surface area contributed by atoms with E-state index in [1.54, 1.807) is 7.11 Å². The molecular formula is C19H18N2O3. The van der Waals surface area contributed by atoms with Gasteiger partial charge in [0, 0.05) is 12.1 Å². The summed E-state index contributed by atoms with van der Waals surface area (Å²) in [5.41, 5.74) is 3.39. The number of methoxy groups -OCH3 is 1. The first-order chi connectivity index (χ1) is 11.7. The van der Waals surface area contributed by atoms with E-state index in [9.17, 15) is 4.79 Å². The molecule has 3 aromatic rings.